The molecule has 0 fully saturated rings. The summed E-state index contributed by atoms with van der Waals surface area (Å²) in [4.78, 5) is 0. The minimum Gasteiger partial charge on any atom is -0.455 e. The third-order valence-corrected chi connectivity index (χ3v) is 16.6. The normalized spacial score (nSPS) is 12.2. The van der Waals surface area contributed by atoms with E-state index in [0.717, 1.165) is 76.9 Å². The summed E-state index contributed by atoms with van der Waals surface area (Å²) < 4.78 is 14.5. The van der Waals surface area contributed by atoms with Crippen LogP contribution in [0.2, 0.25) is 0 Å². The second-order valence-electron chi connectivity index (χ2n) is 20.5. The van der Waals surface area contributed by atoms with E-state index in [1.54, 1.807) is 0 Å². The molecule has 0 radical (unpaired) electrons. The van der Waals surface area contributed by atoms with E-state index in [1.807, 2.05) is 0 Å². The van der Waals surface area contributed by atoms with Crippen LogP contribution in [0, 0.1) is 0 Å². The number of fused-ring (bicyclic) bond motifs is 18. The maximum atomic E-state index is 7.30. The van der Waals surface area contributed by atoms with Crippen LogP contribution in [0.25, 0.3) is 175 Å². The SMILES string of the molecule is c1ccc(-c2c3ccccc3c(-c3cc4cc(-c5c6ccccc6c(-c6cc7ccccc7c7c6ccc6ccccc67)c6ccccc56)c5oc6ccccc6c5c4c4c3oc3ccccc34)c3ccccc23)cc1. The number of rotatable bonds is 4. The molecular weight excluding hydrogens is 921 g/mol. The van der Waals surface area contributed by atoms with E-state index in [4.69, 9.17) is 8.83 Å². The minimum atomic E-state index is 0.852. The third kappa shape index (κ3) is 5.70. The standard InChI is InChI=1S/C74H42O2/c1-2-21-44(22-3-1)65-49-26-8-10-28-51(49)69(52-29-11-9-27-50(52)65)61-41-46-42-62(74-72(59-35-17-19-37-64(59)76-74)66(46)71-58-34-16-18-36-63(58)75-73(61)71)70-55-32-14-12-30-53(55)68(54-31-13-15-33-56(54)70)60-40-45-23-5-7-25-48(45)67-47-24-6-4-20-43(47)38-39-57(60)67/h1-42H. The molecule has 0 saturated carbocycles. The van der Waals surface area contributed by atoms with Gasteiger partial charge in [-0.2, -0.15) is 0 Å². The summed E-state index contributed by atoms with van der Waals surface area (Å²) in [5.74, 6) is 0. The highest BCUT2D eigenvalue weighted by atomic mass is 16.3. The van der Waals surface area contributed by atoms with Gasteiger partial charge in [0.15, 0.2) is 0 Å². The van der Waals surface area contributed by atoms with Gasteiger partial charge in [0.25, 0.3) is 0 Å². The lowest BCUT2D eigenvalue weighted by molar-refractivity contribution is 0.670. The minimum absolute atomic E-state index is 0.852. The van der Waals surface area contributed by atoms with Crippen molar-refractivity contribution in [3.8, 4) is 44.5 Å². The Balaban J connectivity index is 1.04. The molecule has 2 heterocycles. The highest BCUT2D eigenvalue weighted by molar-refractivity contribution is 6.38. The first kappa shape index (κ1) is 41.5. The second-order valence-corrected chi connectivity index (χ2v) is 20.5. The largest absolute Gasteiger partial charge is 0.455 e. The molecule has 0 N–H and O–H groups in total. The van der Waals surface area contributed by atoms with Gasteiger partial charge in [-0.15, -0.1) is 0 Å². The molecule has 0 aliphatic carbocycles. The lowest BCUT2D eigenvalue weighted by Crippen LogP contribution is -1.94. The number of para-hydroxylation sites is 2. The van der Waals surface area contributed by atoms with Crippen LogP contribution in [0.5, 0.6) is 0 Å². The number of hydrogen-bond acceptors (Lipinski definition) is 2. The van der Waals surface area contributed by atoms with Crippen molar-refractivity contribution in [2.75, 3.05) is 0 Å². The molecule has 76 heavy (non-hydrogen) atoms. The fourth-order valence-electron chi connectivity index (χ4n) is 13.5. The van der Waals surface area contributed by atoms with Crippen molar-refractivity contribution in [1.29, 1.82) is 0 Å². The Bertz CT molecular complexity index is 5220. The summed E-state index contributed by atoms with van der Waals surface area (Å²) in [5, 5.41) is 23.6. The second kappa shape index (κ2) is 15.7. The Labute approximate surface area is 435 Å². The zero-order chi connectivity index (χ0) is 49.6. The zero-order valence-corrected chi connectivity index (χ0v) is 41.1. The van der Waals surface area contributed by atoms with Crippen molar-refractivity contribution in [3.05, 3.63) is 255 Å². The van der Waals surface area contributed by atoms with Gasteiger partial charge in [0.2, 0.25) is 0 Å². The lowest BCUT2D eigenvalue weighted by atomic mass is 9.82. The Kier molecular flexibility index (Phi) is 8.59. The van der Waals surface area contributed by atoms with Gasteiger partial charge in [-0.25, -0.2) is 0 Å². The quantitative estimate of drug-likeness (QED) is 0.130. The Morgan fingerprint density at radius 3 is 1.04 bits per heavy atom. The smallest absolute Gasteiger partial charge is 0.143 e. The maximum absolute atomic E-state index is 7.30. The first-order chi connectivity index (χ1) is 37.7. The molecule has 2 heteroatoms. The summed E-state index contributed by atoms with van der Waals surface area (Å²) in [6.45, 7) is 0. The molecular formula is C74H42O2. The summed E-state index contributed by atoms with van der Waals surface area (Å²) in [7, 11) is 0. The van der Waals surface area contributed by atoms with Crippen molar-refractivity contribution in [1.82, 2.24) is 0 Å². The highest BCUT2D eigenvalue weighted by Gasteiger charge is 2.28. The fourth-order valence-corrected chi connectivity index (χ4v) is 13.5. The topological polar surface area (TPSA) is 26.3 Å². The molecule has 0 aliphatic rings. The van der Waals surface area contributed by atoms with E-state index in [-0.39, 0.29) is 0 Å². The van der Waals surface area contributed by atoms with E-state index in [9.17, 15) is 0 Å². The maximum Gasteiger partial charge on any atom is 0.143 e. The zero-order valence-electron chi connectivity index (χ0n) is 41.1. The molecule has 2 aromatic heterocycles. The Morgan fingerprint density at radius 2 is 0.553 bits per heavy atom. The monoisotopic (exact) mass is 962 g/mol. The van der Waals surface area contributed by atoms with Crippen LogP contribution in [-0.2, 0) is 0 Å². The molecule has 0 amide bonds. The third-order valence-electron chi connectivity index (χ3n) is 16.6. The average molecular weight is 963 g/mol. The lowest BCUT2D eigenvalue weighted by Gasteiger charge is -2.21. The van der Waals surface area contributed by atoms with Crippen LogP contribution in [0.4, 0.5) is 0 Å². The van der Waals surface area contributed by atoms with Crippen LogP contribution >= 0.6 is 0 Å². The van der Waals surface area contributed by atoms with E-state index in [2.05, 4.69) is 255 Å². The molecule has 0 unspecified atom stereocenters. The van der Waals surface area contributed by atoms with Gasteiger partial charge in [0.1, 0.15) is 22.3 Å². The van der Waals surface area contributed by atoms with Gasteiger partial charge < -0.3 is 8.83 Å². The molecule has 17 aromatic rings. The van der Waals surface area contributed by atoms with Crippen LogP contribution in [-0.4, -0.2) is 0 Å². The molecule has 17 rings (SSSR count). The summed E-state index contributed by atoms with van der Waals surface area (Å²) in [5.41, 5.74) is 12.7. The first-order valence-electron chi connectivity index (χ1n) is 26.2. The highest BCUT2D eigenvalue weighted by Crippen LogP contribution is 2.54. The van der Waals surface area contributed by atoms with Gasteiger partial charge >= 0.3 is 0 Å². The molecule has 0 saturated heterocycles. The molecule has 0 bridgehead atoms. The summed E-state index contributed by atoms with van der Waals surface area (Å²) in [6, 6.07) is 93.5. The first-order valence-corrected chi connectivity index (χ1v) is 26.2. The Morgan fingerprint density at radius 1 is 0.197 bits per heavy atom. The number of hydrogen-bond donors (Lipinski definition) is 0. The van der Waals surface area contributed by atoms with Gasteiger partial charge in [-0.3, -0.25) is 0 Å². The van der Waals surface area contributed by atoms with E-state index in [0.29, 0.717) is 0 Å². The van der Waals surface area contributed by atoms with Gasteiger partial charge in [-0.1, -0.05) is 224 Å². The Hall–Kier alpha value is -10.0. The predicted octanol–water partition coefficient (Wildman–Crippen LogP) is 21.4. The van der Waals surface area contributed by atoms with Crippen LogP contribution in [0.15, 0.2) is 264 Å². The predicted molar refractivity (Wildman–Crippen MR) is 323 cm³/mol. The summed E-state index contributed by atoms with van der Waals surface area (Å²) in [6.07, 6.45) is 0. The number of benzene rings is 15. The van der Waals surface area contributed by atoms with Gasteiger partial charge in [0, 0.05) is 49.2 Å². The van der Waals surface area contributed by atoms with Crippen molar-refractivity contribution in [2.45, 2.75) is 0 Å². The van der Waals surface area contributed by atoms with Crippen LogP contribution in [0.3, 0.4) is 0 Å². The summed E-state index contributed by atoms with van der Waals surface area (Å²) >= 11 is 0. The molecule has 0 spiro atoms. The van der Waals surface area contributed by atoms with Crippen molar-refractivity contribution in [2.24, 2.45) is 0 Å². The van der Waals surface area contributed by atoms with Crippen molar-refractivity contribution >= 4 is 130 Å². The molecule has 15 aromatic carbocycles. The van der Waals surface area contributed by atoms with Crippen LogP contribution in [0.1, 0.15) is 0 Å². The molecule has 350 valence electrons. The average Bonchev–Trinajstić information content (AvgIpc) is 4.22. The number of furan rings is 2. The molecule has 2 nitrogen and oxygen atoms in total. The van der Waals surface area contributed by atoms with E-state index in [1.165, 1.54) is 97.7 Å². The van der Waals surface area contributed by atoms with E-state index >= 15 is 0 Å². The van der Waals surface area contributed by atoms with Gasteiger partial charge in [0.05, 0.1) is 0 Å². The fraction of sp³-hybridized carbons (Fsp3) is 0. The van der Waals surface area contributed by atoms with E-state index < -0.39 is 0 Å². The van der Waals surface area contributed by atoms with Crippen molar-refractivity contribution in [3.63, 3.8) is 0 Å². The van der Waals surface area contributed by atoms with Crippen LogP contribution < -0.4 is 0 Å². The van der Waals surface area contributed by atoms with Gasteiger partial charge in [-0.05, 0) is 133 Å². The molecule has 0 aliphatic heterocycles. The molecule has 0 atom stereocenters. The van der Waals surface area contributed by atoms with Crippen molar-refractivity contribution < 1.29 is 8.83 Å².